The van der Waals surface area contributed by atoms with Crippen LogP contribution in [0.3, 0.4) is 0 Å². The number of aromatic nitrogens is 1. The van der Waals surface area contributed by atoms with Crippen LogP contribution in [-0.4, -0.2) is 12.1 Å². The van der Waals surface area contributed by atoms with Crippen molar-refractivity contribution < 1.29 is 4.74 Å². The average molecular weight is 248 g/mol. The second-order valence-electron chi connectivity index (χ2n) is 4.09. The summed E-state index contributed by atoms with van der Waals surface area (Å²) < 4.78 is 5.41. The molecule has 0 saturated carbocycles. The molecule has 1 aromatic carbocycles. The van der Waals surface area contributed by atoms with Crippen LogP contribution in [0.15, 0.2) is 11.6 Å². The van der Waals surface area contributed by atoms with Crippen molar-refractivity contribution in [2.75, 3.05) is 12.8 Å². The summed E-state index contributed by atoms with van der Waals surface area (Å²) in [5.74, 6) is 0.944. The quantitative estimate of drug-likeness (QED) is 0.886. The first kappa shape index (κ1) is 11.9. The normalized spacial score (nSPS) is 10.6. The van der Waals surface area contributed by atoms with Gasteiger partial charge in [-0.2, -0.15) is 0 Å². The van der Waals surface area contributed by atoms with Crippen molar-refractivity contribution in [2.45, 2.75) is 20.8 Å². The van der Waals surface area contributed by atoms with Gasteiger partial charge in [-0.25, -0.2) is 4.98 Å². The van der Waals surface area contributed by atoms with Crippen LogP contribution in [0.5, 0.6) is 5.75 Å². The predicted octanol–water partition coefficient (Wildman–Crippen LogP) is 3.33. The van der Waals surface area contributed by atoms with Gasteiger partial charge < -0.3 is 10.5 Å². The van der Waals surface area contributed by atoms with Crippen molar-refractivity contribution in [3.63, 3.8) is 0 Å². The van der Waals surface area contributed by atoms with Gasteiger partial charge in [-0.3, -0.25) is 0 Å². The number of rotatable bonds is 2. The van der Waals surface area contributed by atoms with E-state index in [1.807, 2.05) is 6.92 Å². The van der Waals surface area contributed by atoms with Crippen LogP contribution in [0.1, 0.15) is 16.7 Å². The molecule has 2 N–H and O–H groups in total. The molecule has 0 aliphatic carbocycles. The van der Waals surface area contributed by atoms with Crippen LogP contribution in [-0.2, 0) is 0 Å². The van der Waals surface area contributed by atoms with E-state index < -0.39 is 0 Å². The highest BCUT2D eigenvalue weighted by atomic mass is 32.1. The second-order valence-corrected chi connectivity index (χ2v) is 4.98. The largest absolute Gasteiger partial charge is 0.496 e. The number of hydrogen-bond acceptors (Lipinski definition) is 4. The first-order valence-corrected chi connectivity index (χ1v) is 6.28. The van der Waals surface area contributed by atoms with E-state index in [1.165, 1.54) is 16.9 Å². The van der Waals surface area contributed by atoms with E-state index in [0.717, 1.165) is 33.1 Å². The molecule has 90 valence electrons. The van der Waals surface area contributed by atoms with Crippen LogP contribution < -0.4 is 10.5 Å². The highest BCUT2D eigenvalue weighted by molar-refractivity contribution is 7.14. The number of nitrogens with two attached hydrogens (primary N) is 1. The highest BCUT2D eigenvalue weighted by Crippen LogP contribution is 2.36. The monoisotopic (exact) mass is 248 g/mol. The number of benzene rings is 1. The maximum atomic E-state index is 5.94. The van der Waals surface area contributed by atoms with Gasteiger partial charge in [-0.05, 0) is 43.5 Å². The minimum Gasteiger partial charge on any atom is -0.496 e. The highest BCUT2D eigenvalue weighted by Gasteiger charge is 2.15. The van der Waals surface area contributed by atoms with E-state index in [4.69, 9.17) is 10.5 Å². The number of nitrogens with zero attached hydrogens (tertiary/aromatic N) is 1. The Morgan fingerprint density at radius 1 is 1.24 bits per heavy atom. The number of anilines is 1. The van der Waals surface area contributed by atoms with Gasteiger partial charge in [0.25, 0.3) is 0 Å². The Labute approximate surface area is 105 Å². The standard InChI is InChI=1S/C13H16N2OS/c1-7-5-10(11-13(14)17-6-15-11)8(2)9(3)12(7)16-4/h5-6H,14H2,1-4H3. The number of aryl methyl sites for hydroxylation is 1. The van der Waals surface area contributed by atoms with Gasteiger partial charge in [0.1, 0.15) is 16.4 Å². The Kier molecular flexibility index (Phi) is 3.07. The fourth-order valence-corrected chi connectivity index (χ4v) is 2.62. The molecule has 0 amide bonds. The molecular formula is C13H16N2OS. The molecule has 0 spiro atoms. The summed E-state index contributed by atoms with van der Waals surface area (Å²) in [6.07, 6.45) is 0. The molecule has 3 nitrogen and oxygen atoms in total. The number of methoxy groups -OCH3 is 1. The molecule has 0 saturated heterocycles. The molecule has 2 aromatic rings. The first-order chi connectivity index (χ1) is 8.06. The third-order valence-electron chi connectivity index (χ3n) is 3.08. The molecular weight excluding hydrogens is 232 g/mol. The van der Waals surface area contributed by atoms with Gasteiger partial charge in [-0.15, -0.1) is 11.3 Å². The summed E-state index contributed by atoms with van der Waals surface area (Å²) in [5.41, 5.74) is 13.1. The van der Waals surface area contributed by atoms with Crippen LogP contribution in [0, 0.1) is 20.8 Å². The Hall–Kier alpha value is -1.55. The minimum atomic E-state index is 0.761. The molecule has 2 rings (SSSR count). The van der Waals surface area contributed by atoms with E-state index in [2.05, 4.69) is 24.9 Å². The molecule has 4 heteroatoms. The average Bonchev–Trinajstić information content (AvgIpc) is 2.71. The van der Waals surface area contributed by atoms with Gasteiger partial charge in [0.2, 0.25) is 0 Å². The number of nitrogen functional groups attached to an aromatic ring is 1. The summed E-state index contributed by atoms with van der Waals surface area (Å²) in [6, 6.07) is 2.09. The zero-order chi connectivity index (χ0) is 12.6. The topological polar surface area (TPSA) is 48.1 Å². The Bertz CT molecular complexity index is 561. The van der Waals surface area contributed by atoms with E-state index in [9.17, 15) is 0 Å². The molecule has 17 heavy (non-hydrogen) atoms. The van der Waals surface area contributed by atoms with Crippen molar-refractivity contribution in [1.82, 2.24) is 4.98 Å². The molecule has 0 fully saturated rings. The number of hydrogen-bond donors (Lipinski definition) is 1. The minimum absolute atomic E-state index is 0.761. The van der Waals surface area contributed by atoms with E-state index in [-0.39, 0.29) is 0 Å². The van der Waals surface area contributed by atoms with Crippen molar-refractivity contribution in [2.24, 2.45) is 0 Å². The lowest BCUT2D eigenvalue weighted by molar-refractivity contribution is 0.408. The van der Waals surface area contributed by atoms with Crippen molar-refractivity contribution >= 4 is 16.3 Å². The molecule has 0 radical (unpaired) electrons. The van der Waals surface area contributed by atoms with Gasteiger partial charge in [0.05, 0.1) is 12.6 Å². The number of ether oxygens (including phenoxy) is 1. The van der Waals surface area contributed by atoms with E-state index in [1.54, 1.807) is 12.6 Å². The van der Waals surface area contributed by atoms with Gasteiger partial charge >= 0.3 is 0 Å². The van der Waals surface area contributed by atoms with Gasteiger partial charge in [-0.1, -0.05) is 0 Å². The Morgan fingerprint density at radius 3 is 2.47 bits per heavy atom. The fraction of sp³-hybridized carbons (Fsp3) is 0.308. The van der Waals surface area contributed by atoms with Crippen molar-refractivity contribution in [3.05, 3.63) is 28.3 Å². The maximum Gasteiger partial charge on any atom is 0.124 e. The molecule has 0 atom stereocenters. The van der Waals surface area contributed by atoms with Crippen LogP contribution in [0.25, 0.3) is 11.3 Å². The second kappa shape index (κ2) is 4.37. The smallest absolute Gasteiger partial charge is 0.124 e. The van der Waals surface area contributed by atoms with Crippen molar-refractivity contribution in [3.8, 4) is 17.0 Å². The summed E-state index contributed by atoms with van der Waals surface area (Å²) in [7, 11) is 1.70. The molecule has 0 aliphatic rings. The van der Waals surface area contributed by atoms with Crippen LogP contribution >= 0.6 is 11.3 Å². The lowest BCUT2D eigenvalue weighted by Gasteiger charge is -2.14. The lowest BCUT2D eigenvalue weighted by Crippen LogP contribution is -1.97. The Balaban J connectivity index is 2.69. The predicted molar refractivity (Wildman–Crippen MR) is 72.7 cm³/mol. The van der Waals surface area contributed by atoms with Crippen molar-refractivity contribution in [1.29, 1.82) is 0 Å². The zero-order valence-electron chi connectivity index (χ0n) is 10.5. The summed E-state index contributed by atoms with van der Waals surface area (Å²) in [4.78, 5) is 4.34. The Morgan fingerprint density at radius 2 is 1.94 bits per heavy atom. The molecule has 1 heterocycles. The number of thiazole rings is 1. The third-order valence-corrected chi connectivity index (χ3v) is 3.74. The van der Waals surface area contributed by atoms with E-state index in [0.29, 0.717) is 0 Å². The fourth-order valence-electron chi connectivity index (χ4n) is 2.08. The SMILES string of the molecule is COc1c(C)cc(-c2ncsc2N)c(C)c1C. The summed E-state index contributed by atoms with van der Waals surface area (Å²) in [6.45, 7) is 6.18. The molecule has 1 aromatic heterocycles. The van der Waals surface area contributed by atoms with Gasteiger partial charge in [0, 0.05) is 5.56 Å². The first-order valence-electron chi connectivity index (χ1n) is 5.40. The summed E-state index contributed by atoms with van der Waals surface area (Å²) in [5, 5.41) is 0.761. The summed E-state index contributed by atoms with van der Waals surface area (Å²) >= 11 is 1.47. The zero-order valence-corrected chi connectivity index (χ0v) is 11.3. The molecule has 0 bridgehead atoms. The lowest BCUT2D eigenvalue weighted by atomic mass is 9.97. The molecule has 0 aliphatic heterocycles. The van der Waals surface area contributed by atoms with E-state index >= 15 is 0 Å². The third kappa shape index (κ3) is 1.89. The van der Waals surface area contributed by atoms with Crippen LogP contribution in [0.2, 0.25) is 0 Å². The van der Waals surface area contributed by atoms with Crippen LogP contribution in [0.4, 0.5) is 5.00 Å². The molecule has 0 unspecified atom stereocenters. The maximum absolute atomic E-state index is 5.94. The van der Waals surface area contributed by atoms with Gasteiger partial charge in [0.15, 0.2) is 0 Å².